The zero-order valence-corrected chi connectivity index (χ0v) is 12.8. The third kappa shape index (κ3) is 3.00. The number of carbonyl (C=O) groups is 1. The second kappa shape index (κ2) is 6.05. The van der Waals surface area contributed by atoms with Gasteiger partial charge in [-0.3, -0.25) is 4.79 Å². The van der Waals surface area contributed by atoms with Gasteiger partial charge in [0.05, 0.1) is 16.2 Å². The lowest BCUT2D eigenvalue weighted by molar-refractivity contribution is -0.111. The number of halogens is 2. The van der Waals surface area contributed by atoms with Gasteiger partial charge in [0.15, 0.2) is 5.78 Å². The molecule has 3 rings (SSSR count). The van der Waals surface area contributed by atoms with Crippen molar-refractivity contribution in [3.05, 3.63) is 34.6 Å². The third-order valence-electron chi connectivity index (χ3n) is 4.84. The highest BCUT2D eigenvalue weighted by Crippen LogP contribution is 2.42. The van der Waals surface area contributed by atoms with Gasteiger partial charge < -0.3 is 4.74 Å². The van der Waals surface area contributed by atoms with Crippen LogP contribution in [0.15, 0.2) is 18.2 Å². The minimum atomic E-state index is -0.517. The Bertz CT molecular complexity index is 512. The Labute approximate surface area is 129 Å². The number of hydrogen-bond acceptors (Lipinski definition) is 2. The maximum atomic E-state index is 14.0. The van der Waals surface area contributed by atoms with E-state index in [0.29, 0.717) is 19.4 Å². The highest BCUT2D eigenvalue weighted by atomic mass is 35.5. The van der Waals surface area contributed by atoms with Crippen LogP contribution >= 0.6 is 11.6 Å². The molecule has 0 amide bonds. The molecule has 1 atom stereocenters. The Balaban J connectivity index is 1.81. The molecule has 1 saturated carbocycles. The predicted octanol–water partition coefficient (Wildman–Crippen LogP) is 4.79. The number of ether oxygens (including phenoxy) is 1. The van der Waals surface area contributed by atoms with Crippen LogP contribution < -0.4 is 0 Å². The van der Waals surface area contributed by atoms with Gasteiger partial charge in [-0.05, 0) is 37.8 Å². The van der Waals surface area contributed by atoms with E-state index in [4.69, 9.17) is 16.3 Å². The molecule has 114 valence electrons. The van der Waals surface area contributed by atoms with E-state index in [1.165, 1.54) is 18.6 Å². The van der Waals surface area contributed by atoms with Crippen molar-refractivity contribution < 1.29 is 13.9 Å². The Morgan fingerprint density at radius 3 is 2.76 bits per heavy atom. The second-order valence-electron chi connectivity index (χ2n) is 6.24. The van der Waals surface area contributed by atoms with Crippen molar-refractivity contribution in [3.63, 3.8) is 0 Å². The maximum absolute atomic E-state index is 14.0. The van der Waals surface area contributed by atoms with Gasteiger partial charge in [0.1, 0.15) is 5.82 Å². The average Bonchev–Trinajstić information content (AvgIpc) is 2.48. The van der Waals surface area contributed by atoms with Crippen molar-refractivity contribution >= 4 is 17.4 Å². The van der Waals surface area contributed by atoms with Crippen LogP contribution in [0, 0.1) is 11.7 Å². The zero-order valence-electron chi connectivity index (χ0n) is 12.0. The summed E-state index contributed by atoms with van der Waals surface area (Å²) in [7, 11) is 0. The van der Waals surface area contributed by atoms with Crippen LogP contribution in [0.4, 0.5) is 4.39 Å². The molecule has 21 heavy (non-hydrogen) atoms. The van der Waals surface area contributed by atoms with Crippen LogP contribution in [0.3, 0.4) is 0 Å². The summed E-state index contributed by atoms with van der Waals surface area (Å²) in [5.41, 5.74) is -0.105. The van der Waals surface area contributed by atoms with E-state index < -0.39 is 5.82 Å². The summed E-state index contributed by atoms with van der Waals surface area (Å²) in [4.78, 5) is 12.7. The van der Waals surface area contributed by atoms with Gasteiger partial charge >= 0.3 is 0 Å². The summed E-state index contributed by atoms with van der Waals surface area (Å²) in [5, 5.41) is 0.212. The lowest BCUT2D eigenvalue weighted by atomic mass is 9.74. The van der Waals surface area contributed by atoms with Gasteiger partial charge in [-0.2, -0.15) is 0 Å². The minimum absolute atomic E-state index is 0.0528. The smallest absolute Gasteiger partial charge is 0.170 e. The van der Waals surface area contributed by atoms with Gasteiger partial charge in [0.2, 0.25) is 0 Å². The van der Waals surface area contributed by atoms with Crippen LogP contribution in [-0.2, 0) is 4.74 Å². The van der Waals surface area contributed by atoms with E-state index in [1.807, 2.05) is 0 Å². The van der Waals surface area contributed by atoms with Gasteiger partial charge in [-0.25, -0.2) is 4.39 Å². The highest BCUT2D eigenvalue weighted by molar-refractivity contribution is 6.34. The molecule has 0 aromatic heterocycles. The molecule has 2 fully saturated rings. The first kappa shape index (κ1) is 15.0. The first-order chi connectivity index (χ1) is 10.1. The van der Waals surface area contributed by atoms with Gasteiger partial charge in [0.25, 0.3) is 0 Å². The molecule has 2 nitrogen and oxygen atoms in total. The number of benzene rings is 1. The molecule has 0 radical (unpaired) electrons. The van der Waals surface area contributed by atoms with Crippen molar-refractivity contribution in [2.45, 2.75) is 50.5 Å². The number of ketones is 1. The topological polar surface area (TPSA) is 26.3 Å². The van der Waals surface area contributed by atoms with E-state index in [-0.39, 0.29) is 27.9 Å². The van der Waals surface area contributed by atoms with Gasteiger partial charge in [-0.15, -0.1) is 0 Å². The van der Waals surface area contributed by atoms with Gasteiger partial charge in [0, 0.05) is 12.5 Å². The number of rotatable bonds is 2. The van der Waals surface area contributed by atoms with Crippen LogP contribution in [0.2, 0.25) is 5.02 Å². The Morgan fingerprint density at radius 2 is 2.05 bits per heavy atom. The quantitative estimate of drug-likeness (QED) is 0.734. The summed E-state index contributed by atoms with van der Waals surface area (Å²) < 4.78 is 20.0. The SMILES string of the molecule is O=C(c1c(F)cccc1Cl)C1CCOC2(CCCCC2)C1. The monoisotopic (exact) mass is 310 g/mol. The molecule has 4 heteroatoms. The van der Waals surface area contributed by atoms with Crippen molar-refractivity contribution in [2.24, 2.45) is 5.92 Å². The fourth-order valence-electron chi connectivity index (χ4n) is 3.73. The third-order valence-corrected chi connectivity index (χ3v) is 5.15. The molecule has 0 N–H and O–H groups in total. The summed E-state index contributed by atoms with van der Waals surface area (Å²) in [6, 6.07) is 4.41. The summed E-state index contributed by atoms with van der Waals surface area (Å²) >= 11 is 6.03. The molecule has 1 spiro atoms. The van der Waals surface area contributed by atoms with Crippen LogP contribution in [0.1, 0.15) is 55.3 Å². The highest BCUT2D eigenvalue weighted by Gasteiger charge is 2.41. The first-order valence-electron chi connectivity index (χ1n) is 7.73. The van der Waals surface area contributed by atoms with E-state index >= 15 is 0 Å². The zero-order chi connectivity index (χ0) is 14.9. The molecular formula is C17H20ClFO2. The van der Waals surface area contributed by atoms with Crippen molar-refractivity contribution in [1.29, 1.82) is 0 Å². The Kier molecular flexibility index (Phi) is 4.32. The van der Waals surface area contributed by atoms with Crippen molar-refractivity contribution in [3.8, 4) is 0 Å². The molecule has 0 bridgehead atoms. The molecule has 1 aromatic rings. The summed E-state index contributed by atoms with van der Waals surface area (Å²) in [5.74, 6) is -0.853. The van der Waals surface area contributed by atoms with Crippen LogP contribution in [-0.4, -0.2) is 18.0 Å². The molecular weight excluding hydrogens is 291 g/mol. The van der Waals surface area contributed by atoms with Gasteiger partial charge in [-0.1, -0.05) is 36.9 Å². The summed E-state index contributed by atoms with van der Waals surface area (Å²) in [6.07, 6.45) is 6.94. The molecule has 1 unspecified atom stereocenters. The van der Waals surface area contributed by atoms with E-state index in [2.05, 4.69) is 0 Å². The van der Waals surface area contributed by atoms with Crippen molar-refractivity contribution in [1.82, 2.24) is 0 Å². The fraction of sp³-hybridized carbons (Fsp3) is 0.588. The molecule has 2 aliphatic rings. The van der Waals surface area contributed by atoms with E-state index in [9.17, 15) is 9.18 Å². The molecule has 1 aromatic carbocycles. The van der Waals surface area contributed by atoms with Crippen molar-refractivity contribution in [2.75, 3.05) is 6.61 Å². The molecule has 1 saturated heterocycles. The standard InChI is InChI=1S/C17H20ClFO2/c18-13-5-4-6-14(19)15(13)16(20)12-7-10-21-17(11-12)8-2-1-3-9-17/h4-6,12H,1-3,7-11H2. The lowest BCUT2D eigenvalue weighted by Crippen LogP contribution is -2.43. The summed E-state index contributed by atoms with van der Waals surface area (Å²) in [6.45, 7) is 0.586. The van der Waals surface area contributed by atoms with E-state index in [1.54, 1.807) is 6.07 Å². The average molecular weight is 311 g/mol. The number of carbonyl (C=O) groups excluding carboxylic acids is 1. The Morgan fingerprint density at radius 1 is 1.29 bits per heavy atom. The van der Waals surface area contributed by atoms with Crippen LogP contribution in [0.5, 0.6) is 0 Å². The lowest BCUT2D eigenvalue weighted by Gasteiger charge is -2.43. The largest absolute Gasteiger partial charge is 0.375 e. The maximum Gasteiger partial charge on any atom is 0.170 e. The second-order valence-corrected chi connectivity index (χ2v) is 6.65. The Hall–Kier alpha value is -0.930. The van der Waals surface area contributed by atoms with Crippen LogP contribution in [0.25, 0.3) is 0 Å². The number of Topliss-reactive ketones (excluding diaryl/α,β-unsaturated/α-hetero) is 1. The molecule has 1 aliphatic carbocycles. The minimum Gasteiger partial charge on any atom is -0.375 e. The molecule has 1 heterocycles. The number of hydrogen-bond donors (Lipinski definition) is 0. The van der Waals surface area contributed by atoms with E-state index in [0.717, 1.165) is 25.7 Å². The fourth-order valence-corrected chi connectivity index (χ4v) is 3.99. The first-order valence-corrected chi connectivity index (χ1v) is 8.11. The normalized spacial score (nSPS) is 25.0. The predicted molar refractivity (Wildman–Crippen MR) is 80.2 cm³/mol. The molecule has 1 aliphatic heterocycles.